The number of ketones is 1. The molecule has 0 aliphatic heterocycles. The molecule has 6 N–H and O–H groups in total. The molecule has 4 rings (SSSR count). The number of hydrogen-bond donors (Lipinski definition) is 6. The SMILES string of the molecule is CC(C)(O)CC[C@@H](OC(=O)CCC(=O)O)[C@@](C)(O)C1CC[C@@]2(O)C3=CC(=O)[C@@H]4C[C@@H](O)[C@@H](O)C[C@]4(C)C3CC[C@]12C. The van der Waals surface area contributed by atoms with Gasteiger partial charge in [-0.25, -0.2) is 0 Å². The third-order valence-corrected chi connectivity index (χ3v) is 11.3. The van der Waals surface area contributed by atoms with Crippen molar-refractivity contribution in [1.29, 1.82) is 0 Å². The van der Waals surface area contributed by atoms with E-state index < -0.39 is 76.1 Å². The Morgan fingerprint density at radius 3 is 2.32 bits per heavy atom. The van der Waals surface area contributed by atoms with Crippen LogP contribution in [0.3, 0.4) is 0 Å². The molecule has 0 heterocycles. The second-order valence-electron chi connectivity index (χ2n) is 14.5. The molecule has 2 unspecified atom stereocenters. The van der Waals surface area contributed by atoms with Gasteiger partial charge in [0.1, 0.15) is 11.7 Å². The Hall–Kier alpha value is -1.85. The van der Waals surface area contributed by atoms with E-state index in [2.05, 4.69) is 0 Å². The standard InChI is InChI=1S/C31H48O10/c1-27(2,38)11-10-24(41-26(37)7-6-25(35)36)30(5,39)23-9-13-31(40)18-14-20(32)19-15-21(33)22(34)16-28(19,3)17(18)8-12-29(23,31)4/h14,17,19,21-24,33-34,38-40H,6-13,15-16H2,1-5H3,(H,35,36)/t17?,19-,21+,22-,23?,24+,28+,29+,30-,31+/m0/s1. The summed E-state index contributed by atoms with van der Waals surface area (Å²) in [4.78, 5) is 37.0. The number of carboxylic acid groups (broad SMARTS) is 1. The molecule has 3 fully saturated rings. The minimum absolute atomic E-state index is 0.129. The smallest absolute Gasteiger partial charge is 0.306 e. The molecular weight excluding hydrogens is 532 g/mol. The van der Waals surface area contributed by atoms with Gasteiger partial charge >= 0.3 is 11.9 Å². The summed E-state index contributed by atoms with van der Waals surface area (Å²) < 4.78 is 5.70. The molecule has 3 saturated carbocycles. The van der Waals surface area contributed by atoms with Crippen LogP contribution in [-0.4, -0.2) is 83.5 Å². The van der Waals surface area contributed by atoms with Crippen molar-refractivity contribution < 1.29 is 49.8 Å². The maximum Gasteiger partial charge on any atom is 0.306 e. The van der Waals surface area contributed by atoms with E-state index in [9.17, 15) is 39.9 Å². The number of carbonyl (C=O) groups excluding carboxylic acids is 2. The van der Waals surface area contributed by atoms with Gasteiger partial charge in [0.15, 0.2) is 5.78 Å². The monoisotopic (exact) mass is 580 g/mol. The van der Waals surface area contributed by atoms with Crippen molar-refractivity contribution in [3.8, 4) is 0 Å². The highest BCUT2D eigenvalue weighted by Crippen LogP contribution is 2.68. The Morgan fingerprint density at radius 2 is 1.71 bits per heavy atom. The fourth-order valence-electron chi connectivity index (χ4n) is 8.91. The first-order chi connectivity index (χ1) is 18.8. The number of aliphatic hydroxyl groups excluding tert-OH is 2. The molecule has 10 nitrogen and oxygen atoms in total. The molecule has 232 valence electrons. The van der Waals surface area contributed by atoms with Gasteiger partial charge in [0.05, 0.1) is 36.3 Å². The van der Waals surface area contributed by atoms with Crippen molar-refractivity contribution >= 4 is 17.7 Å². The van der Waals surface area contributed by atoms with Crippen molar-refractivity contribution in [3.63, 3.8) is 0 Å². The third kappa shape index (κ3) is 5.51. The number of esters is 1. The van der Waals surface area contributed by atoms with Crippen LogP contribution in [0.1, 0.15) is 98.8 Å². The fourth-order valence-corrected chi connectivity index (χ4v) is 8.91. The summed E-state index contributed by atoms with van der Waals surface area (Å²) in [6, 6.07) is 0. The average molecular weight is 581 g/mol. The lowest BCUT2D eigenvalue weighted by Gasteiger charge is -2.60. The number of rotatable bonds is 9. The average Bonchev–Trinajstić information content (AvgIpc) is 3.13. The summed E-state index contributed by atoms with van der Waals surface area (Å²) in [6.07, 6.45) is 0.415. The molecule has 10 atom stereocenters. The van der Waals surface area contributed by atoms with E-state index in [1.807, 2.05) is 13.8 Å². The van der Waals surface area contributed by atoms with Gasteiger partial charge in [0.25, 0.3) is 0 Å². The van der Waals surface area contributed by atoms with Gasteiger partial charge in [-0.1, -0.05) is 13.8 Å². The minimum Gasteiger partial charge on any atom is -0.481 e. The molecule has 41 heavy (non-hydrogen) atoms. The zero-order valence-corrected chi connectivity index (χ0v) is 24.9. The van der Waals surface area contributed by atoms with Crippen molar-refractivity contribution in [2.45, 2.75) is 134 Å². The zero-order chi connectivity index (χ0) is 30.8. The van der Waals surface area contributed by atoms with Gasteiger partial charge in [0.2, 0.25) is 0 Å². The summed E-state index contributed by atoms with van der Waals surface area (Å²) in [6.45, 7) is 8.69. The molecule has 10 heteroatoms. The molecule has 0 saturated heterocycles. The Morgan fingerprint density at radius 1 is 1.05 bits per heavy atom. The van der Waals surface area contributed by atoms with Crippen molar-refractivity contribution in [2.24, 2.45) is 28.6 Å². The first kappa shape index (κ1) is 32.1. The van der Waals surface area contributed by atoms with Crippen LogP contribution in [0.15, 0.2) is 11.6 Å². The topological polar surface area (TPSA) is 182 Å². The fraction of sp³-hybridized carbons (Fsp3) is 0.839. The zero-order valence-electron chi connectivity index (χ0n) is 24.9. The number of carbonyl (C=O) groups is 3. The number of aliphatic carboxylic acids is 1. The second kappa shape index (κ2) is 10.7. The maximum absolute atomic E-state index is 13.4. The summed E-state index contributed by atoms with van der Waals surface area (Å²) in [5.74, 6) is -3.21. The lowest BCUT2D eigenvalue weighted by molar-refractivity contribution is -0.194. The van der Waals surface area contributed by atoms with Crippen LogP contribution in [0.4, 0.5) is 0 Å². The van der Waals surface area contributed by atoms with Crippen LogP contribution in [0.25, 0.3) is 0 Å². The maximum atomic E-state index is 13.4. The van der Waals surface area contributed by atoms with Crippen LogP contribution in [0, 0.1) is 28.6 Å². The number of ether oxygens (including phenoxy) is 1. The summed E-state index contributed by atoms with van der Waals surface area (Å²) >= 11 is 0. The first-order valence-electron chi connectivity index (χ1n) is 15.0. The largest absolute Gasteiger partial charge is 0.481 e. The quantitative estimate of drug-likeness (QED) is 0.221. The van der Waals surface area contributed by atoms with Gasteiger partial charge < -0.3 is 35.4 Å². The lowest BCUT2D eigenvalue weighted by Crippen LogP contribution is -2.63. The van der Waals surface area contributed by atoms with Crippen molar-refractivity contribution in [3.05, 3.63) is 11.6 Å². The predicted molar refractivity (Wildman–Crippen MR) is 147 cm³/mol. The summed E-state index contributed by atoms with van der Waals surface area (Å²) in [7, 11) is 0. The molecule has 0 aromatic heterocycles. The molecule has 0 aromatic carbocycles. The second-order valence-corrected chi connectivity index (χ2v) is 14.5. The molecule has 0 amide bonds. The van der Waals surface area contributed by atoms with E-state index >= 15 is 0 Å². The Labute approximate surface area is 241 Å². The van der Waals surface area contributed by atoms with E-state index in [0.29, 0.717) is 24.8 Å². The summed E-state index contributed by atoms with van der Waals surface area (Å²) in [5.41, 5.74) is -5.01. The van der Waals surface area contributed by atoms with Gasteiger partial charge in [0, 0.05) is 11.3 Å². The molecule has 0 aromatic rings. The van der Waals surface area contributed by atoms with E-state index in [4.69, 9.17) is 9.84 Å². The lowest BCUT2D eigenvalue weighted by atomic mass is 9.45. The Bertz CT molecular complexity index is 1090. The Kier molecular flexibility index (Phi) is 8.37. The van der Waals surface area contributed by atoms with Gasteiger partial charge in [-0.05, 0) is 101 Å². The number of carboxylic acids is 1. The highest BCUT2D eigenvalue weighted by Gasteiger charge is 2.69. The minimum atomic E-state index is -1.63. The number of fused-ring (bicyclic) bond motifs is 5. The van der Waals surface area contributed by atoms with E-state index in [0.717, 1.165) is 0 Å². The molecule has 4 aliphatic rings. The molecule has 0 radical (unpaired) electrons. The molecular formula is C31H48O10. The highest BCUT2D eigenvalue weighted by molar-refractivity contribution is 5.95. The molecule has 0 spiro atoms. The van der Waals surface area contributed by atoms with Gasteiger partial charge in [-0.15, -0.1) is 0 Å². The van der Waals surface area contributed by atoms with Gasteiger partial charge in [-0.2, -0.15) is 0 Å². The predicted octanol–water partition coefficient (Wildman–Crippen LogP) is 2.27. The summed E-state index contributed by atoms with van der Waals surface area (Å²) in [5, 5.41) is 64.8. The molecule has 4 aliphatic carbocycles. The first-order valence-corrected chi connectivity index (χ1v) is 15.0. The van der Waals surface area contributed by atoms with Crippen molar-refractivity contribution in [2.75, 3.05) is 0 Å². The van der Waals surface area contributed by atoms with Crippen LogP contribution in [-0.2, 0) is 19.1 Å². The third-order valence-electron chi connectivity index (χ3n) is 11.3. The van der Waals surface area contributed by atoms with Crippen LogP contribution in [0.5, 0.6) is 0 Å². The van der Waals surface area contributed by atoms with Crippen LogP contribution < -0.4 is 0 Å². The van der Waals surface area contributed by atoms with E-state index in [-0.39, 0.29) is 50.2 Å². The molecule has 0 bridgehead atoms. The number of allylic oxidation sites excluding steroid dienone is 1. The number of hydrogen-bond acceptors (Lipinski definition) is 9. The normalized spacial score (nSPS) is 40.9. The Balaban J connectivity index is 1.66. The number of aliphatic hydroxyl groups is 5. The van der Waals surface area contributed by atoms with Crippen LogP contribution >= 0.6 is 0 Å². The van der Waals surface area contributed by atoms with Gasteiger partial charge in [-0.3, -0.25) is 14.4 Å². The van der Waals surface area contributed by atoms with Crippen molar-refractivity contribution in [1.82, 2.24) is 0 Å². The highest BCUT2D eigenvalue weighted by atomic mass is 16.6. The van der Waals surface area contributed by atoms with Crippen LogP contribution in [0.2, 0.25) is 0 Å². The van der Waals surface area contributed by atoms with E-state index in [1.54, 1.807) is 26.8 Å². The van der Waals surface area contributed by atoms with E-state index in [1.165, 1.54) is 0 Å².